The summed E-state index contributed by atoms with van der Waals surface area (Å²) in [5.74, 6) is -1.03. The van der Waals surface area contributed by atoms with Crippen molar-refractivity contribution in [3.63, 3.8) is 0 Å². The average molecular weight is 263 g/mol. The Morgan fingerprint density at radius 1 is 1.42 bits per heavy atom. The van der Waals surface area contributed by atoms with E-state index in [0.717, 1.165) is 42.9 Å². The van der Waals surface area contributed by atoms with Gasteiger partial charge in [-0.15, -0.1) is 0 Å². The lowest BCUT2D eigenvalue weighted by molar-refractivity contribution is -0.384. The lowest BCUT2D eigenvalue weighted by Gasteiger charge is -2.05. The molecule has 1 N–H and O–H groups in total. The highest BCUT2D eigenvalue weighted by atomic mass is 16.6. The highest BCUT2D eigenvalue weighted by molar-refractivity contribution is 5.85. The molecule has 19 heavy (non-hydrogen) atoms. The number of rotatable bonds is 7. The van der Waals surface area contributed by atoms with E-state index in [0.29, 0.717) is 0 Å². The Bertz CT molecular complexity index is 494. The predicted molar refractivity (Wildman–Crippen MR) is 73.0 cm³/mol. The number of carboxylic acid groups (broad SMARTS) is 1. The van der Waals surface area contributed by atoms with Crippen molar-refractivity contribution in [2.24, 2.45) is 0 Å². The van der Waals surface area contributed by atoms with E-state index in [1.54, 1.807) is 6.07 Å². The van der Waals surface area contributed by atoms with Crippen LogP contribution in [0.1, 0.15) is 37.3 Å². The van der Waals surface area contributed by atoms with E-state index in [2.05, 4.69) is 6.92 Å². The van der Waals surface area contributed by atoms with E-state index in [1.165, 1.54) is 18.2 Å². The summed E-state index contributed by atoms with van der Waals surface area (Å²) >= 11 is 0. The van der Waals surface area contributed by atoms with Crippen LogP contribution in [0.25, 0.3) is 6.08 Å². The molecule has 0 fully saturated rings. The maximum atomic E-state index is 10.8. The molecule has 5 nitrogen and oxygen atoms in total. The number of nitro benzene ring substituents is 1. The zero-order chi connectivity index (χ0) is 14.3. The second kappa shape index (κ2) is 7.31. The molecule has 0 saturated heterocycles. The molecule has 0 amide bonds. The first kappa shape index (κ1) is 14.9. The van der Waals surface area contributed by atoms with Crippen molar-refractivity contribution >= 4 is 17.7 Å². The van der Waals surface area contributed by atoms with E-state index < -0.39 is 10.9 Å². The lowest BCUT2D eigenvalue weighted by atomic mass is 10.00. The topological polar surface area (TPSA) is 80.4 Å². The molecule has 0 aromatic heterocycles. The highest BCUT2D eigenvalue weighted by Gasteiger charge is 2.09. The zero-order valence-electron chi connectivity index (χ0n) is 10.8. The molecule has 1 rings (SSSR count). The van der Waals surface area contributed by atoms with Crippen molar-refractivity contribution in [3.8, 4) is 0 Å². The fourth-order valence-corrected chi connectivity index (χ4v) is 1.81. The van der Waals surface area contributed by atoms with Crippen LogP contribution in [0.15, 0.2) is 24.3 Å². The summed E-state index contributed by atoms with van der Waals surface area (Å²) in [6.45, 7) is 2.08. The predicted octanol–water partition coefficient (Wildman–Crippen LogP) is 3.43. The van der Waals surface area contributed by atoms with Gasteiger partial charge < -0.3 is 5.11 Å². The van der Waals surface area contributed by atoms with Crippen molar-refractivity contribution in [3.05, 3.63) is 45.5 Å². The zero-order valence-corrected chi connectivity index (χ0v) is 10.8. The Kier molecular flexibility index (Phi) is 5.73. The summed E-state index contributed by atoms with van der Waals surface area (Å²) in [7, 11) is 0. The summed E-state index contributed by atoms with van der Waals surface area (Å²) in [6, 6.07) is 4.51. The number of unbranched alkanes of at least 4 members (excludes halogenated alkanes) is 2. The van der Waals surface area contributed by atoms with Crippen LogP contribution in [0.5, 0.6) is 0 Å². The molecule has 1 aromatic carbocycles. The number of aliphatic carboxylic acids is 1. The number of aryl methyl sites for hydroxylation is 1. The second-order valence-electron chi connectivity index (χ2n) is 4.27. The molecule has 0 radical (unpaired) electrons. The summed E-state index contributed by atoms with van der Waals surface area (Å²) in [5.41, 5.74) is 1.59. The van der Waals surface area contributed by atoms with Crippen LogP contribution >= 0.6 is 0 Å². The SMILES string of the molecule is CCCCCc1cc([N+](=O)[O-])ccc1/C=C/C(=O)O. The van der Waals surface area contributed by atoms with E-state index in [9.17, 15) is 14.9 Å². The van der Waals surface area contributed by atoms with Crippen LogP contribution in [0.3, 0.4) is 0 Å². The van der Waals surface area contributed by atoms with Gasteiger partial charge in [-0.05, 0) is 36.1 Å². The summed E-state index contributed by atoms with van der Waals surface area (Å²) in [5, 5.41) is 19.4. The molecule has 0 aliphatic heterocycles. The smallest absolute Gasteiger partial charge is 0.328 e. The van der Waals surface area contributed by atoms with Gasteiger partial charge in [0, 0.05) is 18.2 Å². The fourth-order valence-electron chi connectivity index (χ4n) is 1.81. The Morgan fingerprint density at radius 3 is 2.74 bits per heavy atom. The van der Waals surface area contributed by atoms with Crippen LogP contribution in [0.2, 0.25) is 0 Å². The van der Waals surface area contributed by atoms with Gasteiger partial charge in [0.1, 0.15) is 0 Å². The van der Waals surface area contributed by atoms with Gasteiger partial charge in [0.05, 0.1) is 4.92 Å². The Hall–Kier alpha value is -2.17. The maximum absolute atomic E-state index is 10.8. The standard InChI is InChI=1S/C14H17NO4/c1-2-3-4-5-12-10-13(15(18)19)8-6-11(12)7-9-14(16)17/h6-10H,2-5H2,1H3,(H,16,17)/b9-7+. The second-order valence-corrected chi connectivity index (χ2v) is 4.27. The van der Waals surface area contributed by atoms with Gasteiger partial charge in [-0.25, -0.2) is 4.79 Å². The number of hydrogen-bond donors (Lipinski definition) is 1. The van der Waals surface area contributed by atoms with Crippen LogP contribution in [-0.2, 0) is 11.2 Å². The molecular weight excluding hydrogens is 246 g/mol. The summed E-state index contributed by atoms with van der Waals surface area (Å²) in [6.07, 6.45) is 6.29. The number of non-ortho nitro benzene ring substituents is 1. The number of carboxylic acids is 1. The van der Waals surface area contributed by atoms with Crippen molar-refractivity contribution in [1.29, 1.82) is 0 Å². The largest absolute Gasteiger partial charge is 0.478 e. The molecule has 5 heteroatoms. The average Bonchev–Trinajstić information content (AvgIpc) is 2.37. The third-order valence-corrected chi connectivity index (χ3v) is 2.79. The molecule has 0 bridgehead atoms. The van der Waals surface area contributed by atoms with E-state index in [4.69, 9.17) is 5.11 Å². The number of carbonyl (C=O) groups is 1. The van der Waals surface area contributed by atoms with Gasteiger partial charge in [-0.3, -0.25) is 10.1 Å². The quantitative estimate of drug-likeness (QED) is 0.353. The molecule has 0 unspecified atom stereocenters. The Balaban J connectivity index is 3.00. The molecule has 0 spiro atoms. The van der Waals surface area contributed by atoms with Crippen molar-refractivity contribution in [2.45, 2.75) is 32.6 Å². The van der Waals surface area contributed by atoms with Crippen molar-refractivity contribution < 1.29 is 14.8 Å². The number of benzene rings is 1. The Labute approximate surface area is 111 Å². The molecule has 0 aliphatic carbocycles. The molecule has 0 atom stereocenters. The number of nitro groups is 1. The van der Waals surface area contributed by atoms with E-state index in [-0.39, 0.29) is 5.69 Å². The van der Waals surface area contributed by atoms with Crippen LogP contribution in [0.4, 0.5) is 5.69 Å². The van der Waals surface area contributed by atoms with Gasteiger partial charge in [0.15, 0.2) is 0 Å². The maximum Gasteiger partial charge on any atom is 0.328 e. The highest BCUT2D eigenvalue weighted by Crippen LogP contribution is 2.21. The van der Waals surface area contributed by atoms with E-state index >= 15 is 0 Å². The van der Waals surface area contributed by atoms with E-state index in [1.807, 2.05) is 0 Å². The van der Waals surface area contributed by atoms with Crippen LogP contribution < -0.4 is 0 Å². The molecule has 0 saturated carbocycles. The van der Waals surface area contributed by atoms with Gasteiger partial charge in [0.25, 0.3) is 5.69 Å². The van der Waals surface area contributed by atoms with Gasteiger partial charge in [0.2, 0.25) is 0 Å². The number of nitrogens with zero attached hydrogens (tertiary/aromatic N) is 1. The third kappa shape index (κ3) is 4.91. The third-order valence-electron chi connectivity index (χ3n) is 2.79. The lowest BCUT2D eigenvalue weighted by Crippen LogP contribution is -1.95. The molecule has 0 aliphatic rings. The summed E-state index contributed by atoms with van der Waals surface area (Å²) < 4.78 is 0. The molecule has 1 aromatic rings. The van der Waals surface area contributed by atoms with Crippen LogP contribution in [0, 0.1) is 10.1 Å². The minimum atomic E-state index is -1.03. The van der Waals surface area contributed by atoms with Gasteiger partial charge in [-0.1, -0.05) is 19.8 Å². The molecule has 102 valence electrons. The molecular formula is C14H17NO4. The first-order valence-electron chi connectivity index (χ1n) is 6.23. The normalized spacial score (nSPS) is 10.8. The minimum absolute atomic E-state index is 0.0407. The Morgan fingerprint density at radius 2 is 2.16 bits per heavy atom. The summed E-state index contributed by atoms with van der Waals surface area (Å²) in [4.78, 5) is 20.8. The number of hydrogen-bond acceptors (Lipinski definition) is 3. The van der Waals surface area contributed by atoms with Crippen molar-refractivity contribution in [2.75, 3.05) is 0 Å². The van der Waals surface area contributed by atoms with Gasteiger partial charge in [-0.2, -0.15) is 0 Å². The van der Waals surface area contributed by atoms with Gasteiger partial charge >= 0.3 is 5.97 Å². The first-order chi connectivity index (χ1) is 9.04. The minimum Gasteiger partial charge on any atom is -0.478 e. The monoisotopic (exact) mass is 263 g/mol. The van der Waals surface area contributed by atoms with Crippen LogP contribution in [-0.4, -0.2) is 16.0 Å². The van der Waals surface area contributed by atoms with Crippen molar-refractivity contribution in [1.82, 2.24) is 0 Å². The molecule has 0 heterocycles. The first-order valence-corrected chi connectivity index (χ1v) is 6.23. The fraction of sp³-hybridized carbons (Fsp3) is 0.357.